The van der Waals surface area contributed by atoms with E-state index in [1.54, 1.807) is 48.5 Å². The molecule has 7 nitrogen and oxygen atoms in total. The van der Waals surface area contributed by atoms with Gasteiger partial charge in [0.05, 0.1) is 7.11 Å². The lowest BCUT2D eigenvalue weighted by Gasteiger charge is -2.10. The number of ether oxygens (including phenoxy) is 2. The molecule has 1 aliphatic rings. The fourth-order valence-electron chi connectivity index (χ4n) is 2.66. The molecule has 2 aromatic rings. The van der Waals surface area contributed by atoms with Crippen molar-refractivity contribution in [3.8, 4) is 5.75 Å². The van der Waals surface area contributed by atoms with Crippen LogP contribution in [0.3, 0.4) is 0 Å². The molecule has 2 amide bonds. The predicted octanol–water partition coefficient (Wildman–Crippen LogP) is 3.09. The van der Waals surface area contributed by atoms with Crippen LogP contribution in [0.5, 0.6) is 5.75 Å². The summed E-state index contributed by atoms with van der Waals surface area (Å²) < 4.78 is 9.86. The van der Waals surface area contributed by atoms with Gasteiger partial charge in [0.25, 0.3) is 5.91 Å². The molecule has 0 saturated heterocycles. The van der Waals surface area contributed by atoms with E-state index in [-0.39, 0.29) is 18.4 Å². The van der Waals surface area contributed by atoms with E-state index in [4.69, 9.17) is 4.74 Å². The summed E-state index contributed by atoms with van der Waals surface area (Å²) in [5, 5.41) is 5.74. The van der Waals surface area contributed by atoms with Crippen molar-refractivity contribution in [3.05, 3.63) is 65.2 Å². The van der Waals surface area contributed by atoms with Gasteiger partial charge in [0.2, 0.25) is 5.91 Å². The summed E-state index contributed by atoms with van der Waals surface area (Å²) in [6.45, 7) is 1.65. The van der Waals surface area contributed by atoms with E-state index >= 15 is 0 Å². The fourth-order valence-corrected chi connectivity index (χ4v) is 2.66. The first-order valence-corrected chi connectivity index (χ1v) is 9.65. The van der Waals surface area contributed by atoms with Crippen LogP contribution >= 0.6 is 0 Å². The van der Waals surface area contributed by atoms with Gasteiger partial charge in [0.15, 0.2) is 6.61 Å². The molecule has 0 atom stereocenters. The molecule has 1 fully saturated rings. The number of nitrogens with one attached hydrogen (secondary N) is 2. The number of amides is 2. The molecule has 0 radical (unpaired) electrons. The van der Waals surface area contributed by atoms with Crippen molar-refractivity contribution >= 4 is 29.5 Å². The van der Waals surface area contributed by atoms with Crippen molar-refractivity contribution < 1.29 is 23.9 Å². The molecule has 0 aliphatic heterocycles. The van der Waals surface area contributed by atoms with E-state index in [1.807, 2.05) is 6.92 Å². The van der Waals surface area contributed by atoms with Gasteiger partial charge in [-0.05, 0) is 67.3 Å². The van der Waals surface area contributed by atoms with Gasteiger partial charge in [0, 0.05) is 23.4 Å². The highest BCUT2D eigenvalue weighted by molar-refractivity contribution is 6.02. The van der Waals surface area contributed by atoms with E-state index in [0.717, 1.165) is 24.0 Å². The molecule has 0 unspecified atom stereocenters. The number of carbonyl (C=O) groups excluding carboxylic acids is 3. The van der Waals surface area contributed by atoms with Crippen LogP contribution < -0.4 is 15.4 Å². The van der Waals surface area contributed by atoms with Crippen molar-refractivity contribution in [1.82, 2.24) is 5.32 Å². The van der Waals surface area contributed by atoms with Crippen molar-refractivity contribution in [2.24, 2.45) is 0 Å². The van der Waals surface area contributed by atoms with Crippen LogP contribution in [-0.4, -0.2) is 37.5 Å². The molecule has 0 bridgehead atoms. The summed E-state index contributed by atoms with van der Waals surface area (Å²) in [6, 6.07) is 12.5. The molecule has 7 heteroatoms. The molecule has 0 heterocycles. The lowest BCUT2D eigenvalue weighted by Crippen LogP contribution is -2.25. The van der Waals surface area contributed by atoms with Crippen molar-refractivity contribution in [3.63, 3.8) is 0 Å². The van der Waals surface area contributed by atoms with Crippen LogP contribution in [0.25, 0.3) is 6.08 Å². The molecule has 0 spiro atoms. The average Bonchev–Trinajstić information content (AvgIpc) is 3.56. The van der Waals surface area contributed by atoms with E-state index in [9.17, 15) is 14.4 Å². The summed E-state index contributed by atoms with van der Waals surface area (Å²) in [5.74, 6) is -0.304. The smallest absolute Gasteiger partial charge is 0.343 e. The lowest BCUT2D eigenvalue weighted by molar-refractivity contribution is -0.142. The Morgan fingerprint density at radius 3 is 2.47 bits per heavy atom. The molecule has 0 aromatic heterocycles. The van der Waals surface area contributed by atoms with Gasteiger partial charge < -0.3 is 20.1 Å². The Balaban J connectivity index is 1.53. The highest BCUT2D eigenvalue weighted by atomic mass is 16.6. The normalized spacial score (nSPS) is 13.0. The van der Waals surface area contributed by atoms with Crippen molar-refractivity contribution in [2.45, 2.75) is 25.8 Å². The van der Waals surface area contributed by atoms with Gasteiger partial charge in [0.1, 0.15) is 5.75 Å². The predicted molar refractivity (Wildman–Crippen MR) is 113 cm³/mol. The minimum absolute atomic E-state index is 0.0692. The molecular formula is C23H24N2O5. The number of rotatable bonds is 8. The zero-order valence-electron chi connectivity index (χ0n) is 16.9. The van der Waals surface area contributed by atoms with Crippen LogP contribution in [0.1, 0.15) is 34.3 Å². The maximum Gasteiger partial charge on any atom is 0.343 e. The number of anilines is 1. The van der Waals surface area contributed by atoms with Crippen LogP contribution in [0.2, 0.25) is 0 Å². The Bertz CT molecular complexity index is 962. The number of benzene rings is 2. The maximum absolute atomic E-state index is 12.2. The second-order valence-corrected chi connectivity index (χ2v) is 7.03. The van der Waals surface area contributed by atoms with E-state index in [0.29, 0.717) is 23.0 Å². The number of methoxy groups -OCH3 is 1. The van der Waals surface area contributed by atoms with Gasteiger partial charge in [-0.1, -0.05) is 12.1 Å². The van der Waals surface area contributed by atoms with E-state index < -0.39 is 5.97 Å². The van der Waals surface area contributed by atoms with Crippen molar-refractivity contribution in [2.75, 3.05) is 19.0 Å². The SMILES string of the molecule is COC(=O)COc1ccc(NC(=O)/C=C/c2ccc(C(=O)NC3CC3)cc2)c(C)c1. The summed E-state index contributed by atoms with van der Waals surface area (Å²) in [6.07, 6.45) is 5.20. The summed E-state index contributed by atoms with van der Waals surface area (Å²) in [4.78, 5) is 35.4. The first-order chi connectivity index (χ1) is 14.4. The Hall–Kier alpha value is -3.61. The Labute approximate surface area is 175 Å². The van der Waals surface area contributed by atoms with Gasteiger partial charge in [-0.15, -0.1) is 0 Å². The first kappa shape index (κ1) is 21.1. The second kappa shape index (κ2) is 9.73. The first-order valence-electron chi connectivity index (χ1n) is 9.65. The summed E-state index contributed by atoms with van der Waals surface area (Å²) in [7, 11) is 1.29. The summed E-state index contributed by atoms with van der Waals surface area (Å²) in [5.41, 5.74) is 2.86. The van der Waals surface area contributed by atoms with Crippen LogP contribution in [0.4, 0.5) is 5.69 Å². The highest BCUT2D eigenvalue weighted by Gasteiger charge is 2.23. The van der Waals surface area contributed by atoms with Crippen LogP contribution in [-0.2, 0) is 14.3 Å². The van der Waals surface area contributed by atoms with Crippen molar-refractivity contribution in [1.29, 1.82) is 0 Å². The lowest BCUT2D eigenvalue weighted by atomic mass is 10.1. The molecule has 2 N–H and O–H groups in total. The quantitative estimate of drug-likeness (QED) is 0.517. The minimum atomic E-state index is -0.466. The molecule has 30 heavy (non-hydrogen) atoms. The topological polar surface area (TPSA) is 93.7 Å². The number of aryl methyl sites for hydroxylation is 1. The third-order valence-corrected chi connectivity index (χ3v) is 4.55. The van der Waals surface area contributed by atoms with E-state index in [1.165, 1.54) is 13.2 Å². The largest absolute Gasteiger partial charge is 0.482 e. The molecular weight excluding hydrogens is 384 g/mol. The Morgan fingerprint density at radius 1 is 1.10 bits per heavy atom. The molecule has 1 saturated carbocycles. The maximum atomic E-state index is 12.2. The van der Waals surface area contributed by atoms with Gasteiger partial charge in [-0.25, -0.2) is 4.79 Å². The molecule has 156 valence electrons. The third kappa shape index (κ3) is 6.20. The molecule has 1 aliphatic carbocycles. The monoisotopic (exact) mass is 408 g/mol. The fraction of sp³-hybridized carbons (Fsp3) is 0.261. The number of esters is 1. The Kier molecular flexibility index (Phi) is 6.85. The standard InChI is InChI=1S/C23H24N2O5/c1-15-13-19(30-14-22(27)29-2)10-11-20(15)25-21(26)12-5-16-3-6-17(7-4-16)23(28)24-18-8-9-18/h3-7,10-13,18H,8-9,14H2,1-2H3,(H,24,28)(H,25,26)/b12-5+. The van der Waals surface area contributed by atoms with E-state index in [2.05, 4.69) is 15.4 Å². The zero-order chi connectivity index (χ0) is 21.5. The molecule has 3 rings (SSSR count). The summed E-state index contributed by atoms with van der Waals surface area (Å²) >= 11 is 0. The van der Waals surface area contributed by atoms with Gasteiger partial charge in [-0.2, -0.15) is 0 Å². The van der Waals surface area contributed by atoms with Gasteiger partial charge in [-0.3, -0.25) is 9.59 Å². The van der Waals surface area contributed by atoms with Gasteiger partial charge >= 0.3 is 5.97 Å². The zero-order valence-corrected chi connectivity index (χ0v) is 16.9. The second-order valence-electron chi connectivity index (χ2n) is 7.03. The van der Waals surface area contributed by atoms with Crippen LogP contribution in [0, 0.1) is 6.92 Å². The minimum Gasteiger partial charge on any atom is -0.482 e. The van der Waals surface area contributed by atoms with Crippen LogP contribution in [0.15, 0.2) is 48.5 Å². The Morgan fingerprint density at radius 2 is 1.83 bits per heavy atom. The average molecular weight is 408 g/mol. The number of hydrogen-bond acceptors (Lipinski definition) is 5. The number of carbonyl (C=O) groups is 3. The number of hydrogen-bond donors (Lipinski definition) is 2. The molecule has 2 aromatic carbocycles. The highest BCUT2D eigenvalue weighted by Crippen LogP contribution is 2.22. The third-order valence-electron chi connectivity index (χ3n) is 4.55.